The highest BCUT2D eigenvalue weighted by molar-refractivity contribution is 7.90. The normalized spacial score (nSPS) is 12.9. The van der Waals surface area contributed by atoms with Crippen molar-refractivity contribution in [2.24, 2.45) is 4.40 Å². The van der Waals surface area contributed by atoms with E-state index in [1.807, 2.05) is 13.8 Å². The molecule has 0 spiro atoms. The summed E-state index contributed by atoms with van der Waals surface area (Å²) in [6, 6.07) is 16.9. The molecule has 3 aromatic rings. The van der Waals surface area contributed by atoms with Crippen LogP contribution in [0.2, 0.25) is 0 Å². The molecule has 0 unspecified atom stereocenters. The highest BCUT2D eigenvalue weighted by Crippen LogP contribution is 2.15. The van der Waals surface area contributed by atoms with E-state index in [0.29, 0.717) is 0 Å². The topological polar surface area (TPSA) is 85.6 Å². The number of benzene rings is 2. The predicted molar refractivity (Wildman–Crippen MR) is 102 cm³/mol. The van der Waals surface area contributed by atoms with Crippen LogP contribution in [-0.2, 0) is 20.0 Å². The van der Waals surface area contributed by atoms with Gasteiger partial charge in [0, 0.05) is 6.20 Å². The van der Waals surface area contributed by atoms with Crippen LogP contribution in [0.15, 0.2) is 87.1 Å². The number of hydrogen-bond donors (Lipinski definition) is 0. The lowest BCUT2D eigenvalue weighted by atomic mass is 10.2. The van der Waals surface area contributed by atoms with Crippen LogP contribution >= 0.6 is 0 Å². The van der Waals surface area contributed by atoms with E-state index in [0.717, 1.165) is 15.1 Å². The molecule has 0 amide bonds. The number of rotatable bonds is 4. The Bertz CT molecular complexity index is 1240. The highest BCUT2D eigenvalue weighted by Gasteiger charge is 2.19. The van der Waals surface area contributed by atoms with Gasteiger partial charge in [-0.1, -0.05) is 41.5 Å². The summed E-state index contributed by atoms with van der Waals surface area (Å²) in [6.45, 7) is 3.69. The molecule has 0 saturated heterocycles. The lowest BCUT2D eigenvalue weighted by Gasteiger charge is -2.09. The van der Waals surface area contributed by atoms with Gasteiger partial charge in [-0.3, -0.25) is 0 Å². The fraction of sp³-hybridized carbons (Fsp3) is 0.105. The van der Waals surface area contributed by atoms with Crippen LogP contribution in [0.4, 0.5) is 0 Å². The van der Waals surface area contributed by atoms with E-state index in [1.165, 1.54) is 48.7 Å². The average molecular weight is 402 g/mol. The first-order valence-corrected chi connectivity index (χ1v) is 11.0. The number of aryl methyl sites for hydroxylation is 2. The van der Waals surface area contributed by atoms with Crippen molar-refractivity contribution in [1.29, 1.82) is 0 Å². The molecule has 0 fully saturated rings. The number of nitrogens with zero attached hydrogens (tertiary/aromatic N) is 2. The molecule has 0 bridgehead atoms. The largest absolute Gasteiger partial charge is 0.284 e. The van der Waals surface area contributed by atoms with E-state index in [-0.39, 0.29) is 15.3 Å². The minimum absolute atomic E-state index is 0.00348. The molecular weight excluding hydrogens is 384 g/mol. The van der Waals surface area contributed by atoms with Crippen molar-refractivity contribution in [1.82, 2.24) is 3.97 Å². The number of pyridine rings is 1. The second kappa shape index (κ2) is 7.13. The number of aromatic nitrogens is 1. The van der Waals surface area contributed by atoms with Gasteiger partial charge in [-0.05, 0) is 50.2 Å². The molecule has 1 aromatic heterocycles. The maximum Gasteiger partial charge on any atom is 0.284 e. The number of sulfonamides is 1. The molecule has 0 aliphatic heterocycles. The minimum atomic E-state index is -4.06. The summed E-state index contributed by atoms with van der Waals surface area (Å²) < 4.78 is 55.7. The molecule has 0 aliphatic carbocycles. The summed E-state index contributed by atoms with van der Waals surface area (Å²) in [5, 5.41) is 0. The van der Waals surface area contributed by atoms with Gasteiger partial charge in [0.2, 0.25) is 0 Å². The van der Waals surface area contributed by atoms with Gasteiger partial charge in [0.25, 0.3) is 20.0 Å². The van der Waals surface area contributed by atoms with Gasteiger partial charge in [-0.15, -0.1) is 4.40 Å². The van der Waals surface area contributed by atoms with Crippen LogP contribution in [0.25, 0.3) is 0 Å². The van der Waals surface area contributed by atoms with Crippen molar-refractivity contribution in [2.75, 3.05) is 0 Å². The molecule has 0 radical (unpaired) electrons. The van der Waals surface area contributed by atoms with E-state index < -0.39 is 20.0 Å². The molecular formula is C19H18N2O4S2. The molecule has 3 rings (SSSR count). The van der Waals surface area contributed by atoms with Crippen LogP contribution in [0.3, 0.4) is 0 Å². The highest BCUT2D eigenvalue weighted by atomic mass is 32.2. The zero-order chi connectivity index (χ0) is 19.7. The van der Waals surface area contributed by atoms with Crippen molar-refractivity contribution >= 4 is 20.0 Å². The van der Waals surface area contributed by atoms with Crippen LogP contribution < -0.4 is 5.49 Å². The van der Waals surface area contributed by atoms with Crippen molar-refractivity contribution in [3.05, 3.63) is 89.5 Å². The Morgan fingerprint density at radius 3 is 1.78 bits per heavy atom. The van der Waals surface area contributed by atoms with E-state index in [2.05, 4.69) is 4.40 Å². The van der Waals surface area contributed by atoms with Crippen LogP contribution in [0.1, 0.15) is 11.1 Å². The lowest BCUT2D eigenvalue weighted by Crippen LogP contribution is -2.28. The lowest BCUT2D eigenvalue weighted by molar-refractivity contribution is 0.584. The third-order valence-corrected chi connectivity index (χ3v) is 6.90. The Kier molecular flexibility index (Phi) is 5.03. The molecule has 27 heavy (non-hydrogen) atoms. The molecule has 1 heterocycles. The van der Waals surface area contributed by atoms with Crippen molar-refractivity contribution in [3.8, 4) is 0 Å². The Balaban J connectivity index is 2.18. The van der Waals surface area contributed by atoms with E-state index in [1.54, 1.807) is 24.3 Å². The third-order valence-electron chi connectivity index (χ3n) is 3.91. The van der Waals surface area contributed by atoms with Crippen molar-refractivity contribution in [2.45, 2.75) is 23.6 Å². The maximum absolute atomic E-state index is 12.9. The SMILES string of the molecule is Cc1ccc(S(=O)(=O)N=c2ccccn2S(=O)(=O)c2ccc(C)cc2)cc1. The standard InChI is InChI=1S/C19H18N2O4S2/c1-15-6-10-17(11-7-15)26(22,23)20-19-5-3-4-14-21(19)27(24,25)18-12-8-16(2)9-13-18/h3-14H,1-2H3. The smallest absolute Gasteiger partial charge is 0.224 e. The first-order chi connectivity index (χ1) is 12.7. The minimum Gasteiger partial charge on any atom is -0.224 e. The molecule has 0 N–H and O–H groups in total. The summed E-state index contributed by atoms with van der Waals surface area (Å²) in [5.41, 5.74) is 1.63. The molecule has 6 nitrogen and oxygen atoms in total. The summed E-state index contributed by atoms with van der Waals surface area (Å²) in [7, 11) is -8.05. The van der Waals surface area contributed by atoms with E-state index >= 15 is 0 Å². The predicted octanol–water partition coefficient (Wildman–Crippen LogP) is 2.63. The van der Waals surface area contributed by atoms with Gasteiger partial charge in [0.15, 0.2) is 5.49 Å². The molecule has 0 saturated carbocycles. The van der Waals surface area contributed by atoms with Crippen molar-refractivity contribution in [3.63, 3.8) is 0 Å². The zero-order valence-corrected chi connectivity index (χ0v) is 16.4. The summed E-state index contributed by atoms with van der Waals surface area (Å²) in [5.74, 6) is 0. The molecule has 140 valence electrons. The first-order valence-electron chi connectivity index (χ1n) is 8.08. The van der Waals surface area contributed by atoms with Gasteiger partial charge in [-0.25, -0.2) is 12.4 Å². The fourth-order valence-electron chi connectivity index (χ4n) is 2.40. The Morgan fingerprint density at radius 2 is 1.22 bits per heavy atom. The summed E-state index contributed by atoms with van der Waals surface area (Å²) >= 11 is 0. The van der Waals surface area contributed by atoms with Gasteiger partial charge in [0.05, 0.1) is 9.79 Å². The average Bonchev–Trinajstić information content (AvgIpc) is 2.62. The molecule has 0 aliphatic rings. The maximum atomic E-state index is 12.9. The summed E-state index contributed by atoms with van der Waals surface area (Å²) in [4.78, 5) is 0.0460. The fourth-order valence-corrected chi connectivity index (χ4v) is 4.72. The second-order valence-electron chi connectivity index (χ2n) is 6.05. The monoisotopic (exact) mass is 402 g/mol. The van der Waals surface area contributed by atoms with Crippen LogP contribution in [-0.4, -0.2) is 20.8 Å². The first kappa shape index (κ1) is 19.1. The molecule has 0 atom stereocenters. The quantitative estimate of drug-likeness (QED) is 0.671. The summed E-state index contributed by atoms with van der Waals surface area (Å²) in [6.07, 6.45) is 1.28. The van der Waals surface area contributed by atoms with Crippen molar-refractivity contribution < 1.29 is 16.8 Å². The van der Waals surface area contributed by atoms with E-state index in [9.17, 15) is 16.8 Å². The Morgan fingerprint density at radius 1 is 0.704 bits per heavy atom. The zero-order valence-electron chi connectivity index (χ0n) is 14.8. The Hall–Kier alpha value is -2.71. The second-order valence-corrected chi connectivity index (χ2v) is 9.47. The number of hydrogen-bond acceptors (Lipinski definition) is 4. The van der Waals surface area contributed by atoms with Gasteiger partial charge < -0.3 is 0 Å². The van der Waals surface area contributed by atoms with Gasteiger partial charge in [-0.2, -0.15) is 8.42 Å². The van der Waals surface area contributed by atoms with Crippen LogP contribution in [0.5, 0.6) is 0 Å². The van der Waals surface area contributed by atoms with E-state index in [4.69, 9.17) is 0 Å². The Labute approximate surface area is 158 Å². The van der Waals surface area contributed by atoms with Gasteiger partial charge >= 0.3 is 0 Å². The molecule has 8 heteroatoms. The molecule has 2 aromatic carbocycles. The van der Waals surface area contributed by atoms with Crippen LogP contribution in [0, 0.1) is 13.8 Å². The third kappa shape index (κ3) is 4.01. The van der Waals surface area contributed by atoms with Gasteiger partial charge in [0.1, 0.15) is 0 Å².